The maximum absolute atomic E-state index is 12.4. The van der Waals surface area contributed by atoms with Crippen LogP contribution in [0.3, 0.4) is 0 Å². The third-order valence-electron chi connectivity index (χ3n) is 3.63. The summed E-state index contributed by atoms with van der Waals surface area (Å²) in [6, 6.07) is 7.82. The van der Waals surface area contributed by atoms with E-state index >= 15 is 0 Å². The van der Waals surface area contributed by atoms with Crippen molar-refractivity contribution >= 4 is 21.8 Å². The van der Waals surface area contributed by atoms with Crippen LogP contribution in [0.2, 0.25) is 0 Å². The summed E-state index contributed by atoms with van der Waals surface area (Å²) < 4.78 is 0. The number of hydrogen-bond donors (Lipinski definition) is 1. The van der Waals surface area contributed by atoms with Gasteiger partial charge in [-0.15, -0.1) is 0 Å². The number of carbonyl (C=O) groups excluding carboxylic acids is 1. The molecule has 0 aliphatic rings. The highest BCUT2D eigenvalue weighted by Crippen LogP contribution is 2.19. The van der Waals surface area contributed by atoms with E-state index in [0.717, 1.165) is 35.7 Å². The van der Waals surface area contributed by atoms with E-state index in [2.05, 4.69) is 42.0 Å². The Kier molecular flexibility index (Phi) is 5.86. The quantitative estimate of drug-likeness (QED) is 0.792. The van der Waals surface area contributed by atoms with Gasteiger partial charge in [-0.05, 0) is 30.9 Å². The fourth-order valence-electron chi connectivity index (χ4n) is 2.01. The molecule has 0 heterocycles. The van der Waals surface area contributed by atoms with Gasteiger partial charge in [-0.3, -0.25) is 4.79 Å². The molecule has 0 aliphatic carbocycles. The third kappa shape index (κ3) is 3.35. The zero-order valence-corrected chi connectivity index (χ0v) is 13.0. The van der Waals surface area contributed by atoms with Crippen LogP contribution in [0.1, 0.15) is 49.5 Å². The Morgan fingerprint density at radius 2 is 1.83 bits per heavy atom. The predicted octanol–water partition coefficient (Wildman–Crippen LogP) is 3.93. The van der Waals surface area contributed by atoms with Crippen LogP contribution in [0.25, 0.3) is 0 Å². The molecular weight excluding hydrogens is 290 g/mol. The van der Waals surface area contributed by atoms with Crippen molar-refractivity contribution in [3.8, 4) is 0 Å². The summed E-state index contributed by atoms with van der Waals surface area (Å²) in [7, 11) is 0. The first-order valence-corrected chi connectivity index (χ1v) is 7.71. The molecule has 18 heavy (non-hydrogen) atoms. The SMILES string of the molecule is CCc1ccccc1C(=O)NC(CC)(CC)CBr. The van der Waals surface area contributed by atoms with Crippen molar-refractivity contribution in [1.82, 2.24) is 5.32 Å². The van der Waals surface area contributed by atoms with Crippen molar-refractivity contribution in [3.63, 3.8) is 0 Å². The van der Waals surface area contributed by atoms with Gasteiger partial charge in [-0.1, -0.05) is 54.9 Å². The summed E-state index contributed by atoms with van der Waals surface area (Å²) in [4.78, 5) is 12.4. The molecule has 1 rings (SSSR count). The second kappa shape index (κ2) is 6.93. The minimum Gasteiger partial charge on any atom is -0.346 e. The topological polar surface area (TPSA) is 29.1 Å². The zero-order chi connectivity index (χ0) is 13.6. The molecule has 1 N–H and O–H groups in total. The molecule has 0 radical (unpaired) electrons. The Morgan fingerprint density at radius 1 is 1.22 bits per heavy atom. The molecule has 0 saturated heterocycles. The second-order valence-electron chi connectivity index (χ2n) is 4.59. The van der Waals surface area contributed by atoms with E-state index in [-0.39, 0.29) is 11.4 Å². The van der Waals surface area contributed by atoms with E-state index in [1.165, 1.54) is 0 Å². The minimum absolute atomic E-state index is 0.0376. The van der Waals surface area contributed by atoms with E-state index in [4.69, 9.17) is 0 Å². The number of rotatable bonds is 6. The second-order valence-corrected chi connectivity index (χ2v) is 5.15. The van der Waals surface area contributed by atoms with Gasteiger partial charge < -0.3 is 5.32 Å². The van der Waals surface area contributed by atoms with Crippen LogP contribution in [-0.4, -0.2) is 16.8 Å². The molecule has 0 bridgehead atoms. The highest BCUT2D eigenvalue weighted by molar-refractivity contribution is 9.09. The van der Waals surface area contributed by atoms with Gasteiger partial charge in [0.2, 0.25) is 0 Å². The number of halogens is 1. The van der Waals surface area contributed by atoms with Crippen LogP contribution in [0, 0.1) is 0 Å². The maximum atomic E-state index is 12.4. The zero-order valence-electron chi connectivity index (χ0n) is 11.4. The molecule has 2 nitrogen and oxygen atoms in total. The third-order valence-corrected chi connectivity index (χ3v) is 4.70. The minimum atomic E-state index is -0.141. The van der Waals surface area contributed by atoms with Crippen molar-refractivity contribution in [1.29, 1.82) is 0 Å². The molecular formula is C15H22BrNO. The lowest BCUT2D eigenvalue weighted by molar-refractivity contribution is 0.0903. The Bertz CT molecular complexity index is 391. The molecule has 0 aliphatic heterocycles. The number of alkyl halides is 1. The summed E-state index contributed by atoms with van der Waals surface area (Å²) in [5.74, 6) is 0.0376. The van der Waals surface area contributed by atoms with Gasteiger partial charge >= 0.3 is 0 Å². The molecule has 0 unspecified atom stereocenters. The van der Waals surface area contributed by atoms with E-state index < -0.39 is 0 Å². The van der Waals surface area contributed by atoms with Crippen molar-refractivity contribution in [2.45, 2.75) is 45.6 Å². The molecule has 1 aromatic carbocycles. The molecule has 1 aromatic rings. The van der Waals surface area contributed by atoms with Gasteiger partial charge in [0.1, 0.15) is 0 Å². The molecule has 3 heteroatoms. The van der Waals surface area contributed by atoms with Gasteiger partial charge in [-0.2, -0.15) is 0 Å². The lowest BCUT2D eigenvalue weighted by Gasteiger charge is -2.31. The van der Waals surface area contributed by atoms with Gasteiger partial charge in [-0.25, -0.2) is 0 Å². The van der Waals surface area contributed by atoms with Crippen LogP contribution in [-0.2, 0) is 6.42 Å². The van der Waals surface area contributed by atoms with E-state index in [0.29, 0.717) is 0 Å². The average molecular weight is 312 g/mol. The molecule has 0 spiro atoms. The lowest BCUT2D eigenvalue weighted by atomic mass is 9.94. The van der Waals surface area contributed by atoms with Crippen molar-refractivity contribution in [2.75, 3.05) is 5.33 Å². The summed E-state index contributed by atoms with van der Waals surface area (Å²) in [5, 5.41) is 3.97. The molecule has 0 fully saturated rings. The van der Waals surface area contributed by atoms with Crippen molar-refractivity contribution < 1.29 is 4.79 Å². The first-order chi connectivity index (χ1) is 8.62. The van der Waals surface area contributed by atoms with E-state index in [1.54, 1.807) is 0 Å². The van der Waals surface area contributed by atoms with Gasteiger partial charge in [0, 0.05) is 16.4 Å². The van der Waals surface area contributed by atoms with Gasteiger partial charge in [0.15, 0.2) is 0 Å². The smallest absolute Gasteiger partial charge is 0.252 e. The molecule has 0 saturated carbocycles. The maximum Gasteiger partial charge on any atom is 0.252 e. The van der Waals surface area contributed by atoms with Crippen LogP contribution in [0.15, 0.2) is 24.3 Å². The fraction of sp³-hybridized carbons (Fsp3) is 0.533. The largest absolute Gasteiger partial charge is 0.346 e. The summed E-state index contributed by atoms with van der Waals surface area (Å²) >= 11 is 3.52. The molecule has 1 amide bonds. The number of hydrogen-bond acceptors (Lipinski definition) is 1. The van der Waals surface area contributed by atoms with Crippen LogP contribution in [0.4, 0.5) is 0 Å². The highest BCUT2D eigenvalue weighted by Gasteiger charge is 2.27. The fourth-order valence-corrected chi connectivity index (χ4v) is 2.94. The number of benzene rings is 1. The van der Waals surface area contributed by atoms with Crippen molar-refractivity contribution in [3.05, 3.63) is 35.4 Å². The normalized spacial score (nSPS) is 11.3. The summed E-state index contributed by atoms with van der Waals surface area (Å²) in [6.45, 7) is 6.29. The Labute approximate surface area is 118 Å². The summed E-state index contributed by atoms with van der Waals surface area (Å²) in [5.41, 5.74) is 1.76. The predicted molar refractivity (Wildman–Crippen MR) is 80.4 cm³/mol. The number of aryl methyl sites for hydroxylation is 1. The Hall–Kier alpha value is -0.830. The van der Waals surface area contributed by atoms with E-state index in [9.17, 15) is 4.79 Å². The lowest BCUT2D eigenvalue weighted by Crippen LogP contribution is -2.49. The van der Waals surface area contributed by atoms with E-state index in [1.807, 2.05) is 24.3 Å². The standard InChI is InChI=1S/C15H22BrNO/c1-4-12-9-7-8-10-13(12)14(18)17-15(5-2,6-3)11-16/h7-10H,4-6,11H2,1-3H3,(H,17,18). The Balaban J connectivity index is 2.94. The van der Waals surface area contributed by atoms with Crippen LogP contribution >= 0.6 is 15.9 Å². The van der Waals surface area contributed by atoms with Gasteiger partial charge in [0.25, 0.3) is 5.91 Å². The Morgan fingerprint density at radius 3 is 2.33 bits per heavy atom. The van der Waals surface area contributed by atoms with Gasteiger partial charge in [0.05, 0.1) is 0 Å². The monoisotopic (exact) mass is 311 g/mol. The van der Waals surface area contributed by atoms with Crippen LogP contribution in [0.5, 0.6) is 0 Å². The van der Waals surface area contributed by atoms with Crippen LogP contribution < -0.4 is 5.32 Å². The molecule has 0 atom stereocenters. The first kappa shape index (κ1) is 15.2. The molecule has 100 valence electrons. The molecule has 0 aromatic heterocycles. The summed E-state index contributed by atoms with van der Waals surface area (Å²) in [6.07, 6.45) is 2.73. The number of nitrogens with one attached hydrogen (secondary N) is 1. The highest BCUT2D eigenvalue weighted by atomic mass is 79.9. The first-order valence-electron chi connectivity index (χ1n) is 6.58. The van der Waals surface area contributed by atoms with Crippen molar-refractivity contribution in [2.24, 2.45) is 0 Å². The number of carbonyl (C=O) groups is 1. The average Bonchev–Trinajstić information content (AvgIpc) is 2.44. The number of amides is 1.